The summed E-state index contributed by atoms with van der Waals surface area (Å²) in [4.78, 5) is 31.7. The Morgan fingerprint density at radius 3 is 2.66 bits per heavy atom. The predicted octanol–water partition coefficient (Wildman–Crippen LogP) is 3.26. The van der Waals surface area contributed by atoms with Crippen LogP contribution in [0.3, 0.4) is 0 Å². The highest BCUT2D eigenvalue weighted by molar-refractivity contribution is 6.31. The summed E-state index contributed by atoms with van der Waals surface area (Å²) in [6.07, 6.45) is 0. The molecule has 5 rings (SSSR count). The Labute approximate surface area is 188 Å². The van der Waals surface area contributed by atoms with Crippen LogP contribution in [0, 0.1) is 18.3 Å². The fraction of sp³-hybridized carbons (Fsp3) is 0.125. The first-order valence-electron chi connectivity index (χ1n) is 9.87. The number of halogens is 1. The number of hydrogen-bond acceptors (Lipinski definition) is 5. The molecule has 0 aliphatic carbocycles. The molecule has 2 aromatic carbocycles. The summed E-state index contributed by atoms with van der Waals surface area (Å²) in [5.74, 6) is -0.504. The number of ether oxygens (including phenoxy) is 1. The fourth-order valence-corrected chi connectivity index (χ4v) is 4.80. The van der Waals surface area contributed by atoms with Crippen LogP contribution in [0.5, 0.6) is 5.75 Å². The van der Waals surface area contributed by atoms with Crippen LogP contribution in [0.15, 0.2) is 70.8 Å². The first-order chi connectivity index (χ1) is 15.4. The number of nitrogens with two attached hydrogens (primary N) is 1. The highest BCUT2D eigenvalue weighted by Gasteiger charge is 2.60. The molecule has 2 aliphatic rings. The van der Waals surface area contributed by atoms with Crippen molar-refractivity contribution in [1.82, 2.24) is 4.98 Å². The van der Waals surface area contributed by atoms with Gasteiger partial charge in [-0.2, -0.15) is 5.26 Å². The molecular weight excluding hydrogens is 428 g/mol. The summed E-state index contributed by atoms with van der Waals surface area (Å²) in [6, 6.07) is 17.9. The van der Waals surface area contributed by atoms with E-state index in [1.54, 1.807) is 49.4 Å². The van der Waals surface area contributed by atoms with Gasteiger partial charge in [-0.25, -0.2) is 0 Å². The largest absolute Gasteiger partial charge is 0.440 e. The van der Waals surface area contributed by atoms with E-state index in [2.05, 4.69) is 4.98 Å². The second-order valence-electron chi connectivity index (χ2n) is 7.72. The lowest BCUT2D eigenvalue weighted by Crippen LogP contribution is -2.48. The van der Waals surface area contributed by atoms with Gasteiger partial charge in [0.05, 0.1) is 12.1 Å². The smallest absolute Gasteiger partial charge is 0.256 e. The van der Waals surface area contributed by atoms with Gasteiger partial charge in [0.25, 0.3) is 5.56 Å². The standard InChI is InChI=1S/C24H17ClN4O3/c1-13-10-19-20(22(30)28-13)24(16(11-26)21(27)32-19)15-7-3-5-9-18(15)29(23(24)31)12-14-6-2-4-8-17(14)25/h2-10H,12,27H2,1H3,(H,28,30). The molecule has 3 N–H and O–H groups in total. The van der Waals surface area contributed by atoms with Gasteiger partial charge in [-0.3, -0.25) is 9.59 Å². The average Bonchev–Trinajstić information content (AvgIpc) is 2.98. The summed E-state index contributed by atoms with van der Waals surface area (Å²) in [5, 5.41) is 10.6. The Morgan fingerprint density at radius 1 is 1.19 bits per heavy atom. The van der Waals surface area contributed by atoms with Crippen LogP contribution in [0.1, 0.15) is 22.4 Å². The number of anilines is 1. The van der Waals surface area contributed by atoms with Crippen molar-refractivity contribution in [2.45, 2.75) is 18.9 Å². The van der Waals surface area contributed by atoms with E-state index in [1.165, 1.54) is 4.90 Å². The molecule has 1 spiro atoms. The first kappa shape index (κ1) is 19.9. The van der Waals surface area contributed by atoms with Crippen molar-refractivity contribution in [2.24, 2.45) is 5.73 Å². The van der Waals surface area contributed by atoms with Crippen molar-refractivity contribution in [3.8, 4) is 11.8 Å². The van der Waals surface area contributed by atoms with Gasteiger partial charge in [0.2, 0.25) is 11.8 Å². The summed E-state index contributed by atoms with van der Waals surface area (Å²) in [7, 11) is 0. The number of aromatic nitrogens is 1. The van der Waals surface area contributed by atoms with Gasteiger partial charge in [-0.05, 0) is 24.6 Å². The number of nitrogens with one attached hydrogen (secondary N) is 1. The number of carbonyl (C=O) groups is 1. The van der Waals surface area contributed by atoms with E-state index in [0.717, 1.165) is 5.56 Å². The Morgan fingerprint density at radius 2 is 1.91 bits per heavy atom. The number of nitrogens with zero attached hydrogens (tertiary/aromatic N) is 2. The number of carbonyl (C=O) groups excluding carboxylic acids is 1. The van der Waals surface area contributed by atoms with Crippen molar-refractivity contribution < 1.29 is 9.53 Å². The number of fused-ring (bicyclic) bond motifs is 4. The van der Waals surface area contributed by atoms with Crippen LogP contribution in [-0.2, 0) is 16.8 Å². The maximum absolute atomic E-state index is 14.2. The zero-order chi connectivity index (χ0) is 22.6. The molecule has 0 fully saturated rings. The van der Waals surface area contributed by atoms with Gasteiger partial charge in [-0.15, -0.1) is 0 Å². The number of aromatic amines is 1. The van der Waals surface area contributed by atoms with E-state index < -0.39 is 16.9 Å². The molecule has 3 heterocycles. The molecule has 1 aromatic heterocycles. The molecular formula is C24H17ClN4O3. The van der Waals surface area contributed by atoms with E-state index >= 15 is 0 Å². The Kier molecular flexibility index (Phi) is 4.36. The first-order valence-corrected chi connectivity index (χ1v) is 10.2. The van der Waals surface area contributed by atoms with Gasteiger partial charge in [0.1, 0.15) is 17.4 Å². The molecule has 32 heavy (non-hydrogen) atoms. The second kappa shape index (κ2) is 7.01. The number of H-pyrrole nitrogens is 1. The molecule has 0 saturated heterocycles. The maximum Gasteiger partial charge on any atom is 0.256 e. The zero-order valence-electron chi connectivity index (χ0n) is 17.0. The Bertz CT molecular complexity index is 1440. The summed E-state index contributed by atoms with van der Waals surface area (Å²) in [5.41, 5.74) is 6.19. The van der Waals surface area contributed by atoms with Crippen LogP contribution >= 0.6 is 11.6 Å². The third-order valence-electron chi connectivity index (χ3n) is 5.91. The Hall–Kier alpha value is -4.02. The van der Waals surface area contributed by atoms with Crippen molar-refractivity contribution in [3.05, 3.63) is 104 Å². The van der Waals surface area contributed by atoms with Crippen molar-refractivity contribution in [2.75, 3.05) is 4.90 Å². The number of benzene rings is 2. The summed E-state index contributed by atoms with van der Waals surface area (Å²) < 4.78 is 5.64. The van der Waals surface area contributed by atoms with Crippen molar-refractivity contribution in [3.63, 3.8) is 0 Å². The third kappa shape index (κ3) is 2.53. The molecule has 0 radical (unpaired) electrons. The molecule has 158 valence electrons. The molecule has 0 bridgehead atoms. The zero-order valence-corrected chi connectivity index (χ0v) is 17.7. The minimum Gasteiger partial charge on any atom is -0.440 e. The van der Waals surface area contributed by atoms with E-state index in [0.29, 0.717) is 22.0 Å². The van der Waals surface area contributed by atoms with E-state index in [1.807, 2.05) is 18.2 Å². The number of rotatable bonds is 2. The third-order valence-corrected chi connectivity index (χ3v) is 6.28. The maximum atomic E-state index is 14.2. The Balaban J connectivity index is 1.84. The number of para-hydroxylation sites is 1. The van der Waals surface area contributed by atoms with E-state index in [4.69, 9.17) is 22.1 Å². The molecule has 3 aromatic rings. The van der Waals surface area contributed by atoms with Gasteiger partial charge in [-0.1, -0.05) is 48.0 Å². The van der Waals surface area contributed by atoms with Gasteiger partial charge in [0.15, 0.2) is 5.41 Å². The number of nitriles is 1. The quantitative estimate of drug-likeness (QED) is 0.630. The van der Waals surface area contributed by atoms with Crippen LogP contribution in [0.2, 0.25) is 5.02 Å². The normalized spacial score (nSPS) is 18.9. The van der Waals surface area contributed by atoms with Crippen molar-refractivity contribution >= 4 is 23.2 Å². The minimum atomic E-state index is -1.72. The predicted molar refractivity (Wildman–Crippen MR) is 119 cm³/mol. The lowest BCUT2D eigenvalue weighted by atomic mass is 9.69. The van der Waals surface area contributed by atoms with Crippen molar-refractivity contribution in [1.29, 1.82) is 5.26 Å². The lowest BCUT2D eigenvalue weighted by Gasteiger charge is -2.33. The van der Waals surface area contributed by atoms with Gasteiger partial charge in [0, 0.05) is 28.0 Å². The molecule has 7 nitrogen and oxygen atoms in total. The molecule has 8 heteroatoms. The van der Waals surface area contributed by atoms with Crippen LogP contribution in [-0.4, -0.2) is 10.9 Å². The average molecular weight is 445 g/mol. The van der Waals surface area contributed by atoms with Crippen LogP contribution in [0.4, 0.5) is 5.69 Å². The number of amides is 1. The molecule has 0 saturated carbocycles. The summed E-state index contributed by atoms with van der Waals surface area (Å²) >= 11 is 6.36. The van der Waals surface area contributed by atoms with Gasteiger partial charge < -0.3 is 20.4 Å². The molecule has 1 unspecified atom stereocenters. The molecule has 1 atom stereocenters. The highest BCUT2D eigenvalue weighted by Crippen LogP contribution is 2.54. The fourth-order valence-electron chi connectivity index (χ4n) is 4.60. The molecule has 1 amide bonds. The molecule has 2 aliphatic heterocycles. The van der Waals surface area contributed by atoms with E-state index in [9.17, 15) is 14.9 Å². The minimum absolute atomic E-state index is 0.0490. The topological polar surface area (TPSA) is 112 Å². The van der Waals surface area contributed by atoms with Crippen LogP contribution in [0.25, 0.3) is 0 Å². The van der Waals surface area contributed by atoms with Crippen LogP contribution < -0.4 is 20.9 Å². The van der Waals surface area contributed by atoms with Gasteiger partial charge >= 0.3 is 0 Å². The number of hydrogen-bond donors (Lipinski definition) is 2. The highest BCUT2D eigenvalue weighted by atomic mass is 35.5. The van der Waals surface area contributed by atoms with E-state index in [-0.39, 0.29) is 29.3 Å². The summed E-state index contributed by atoms with van der Waals surface area (Å²) in [6.45, 7) is 1.86. The number of aryl methyl sites for hydroxylation is 1. The number of pyridine rings is 1. The second-order valence-corrected chi connectivity index (χ2v) is 8.13. The SMILES string of the molecule is Cc1cc2c(c(=O)[nH]1)C1(C(=O)N(Cc3ccccc3Cl)c3ccccc31)C(C#N)=C(N)O2. The lowest BCUT2D eigenvalue weighted by molar-refractivity contribution is -0.121. The monoisotopic (exact) mass is 444 g/mol.